The lowest BCUT2D eigenvalue weighted by molar-refractivity contribution is 0.267. The van der Waals surface area contributed by atoms with Gasteiger partial charge in [0.1, 0.15) is 11.6 Å². The highest BCUT2D eigenvalue weighted by Crippen LogP contribution is 2.23. The SMILES string of the molecule is Cc1c(O)cc(C(N)CO)cc1F. The van der Waals surface area contributed by atoms with E-state index in [1.165, 1.54) is 19.1 Å². The van der Waals surface area contributed by atoms with Crippen LogP contribution in [0.5, 0.6) is 5.75 Å². The fourth-order valence-corrected chi connectivity index (χ4v) is 1.00. The Labute approximate surface area is 75.6 Å². The summed E-state index contributed by atoms with van der Waals surface area (Å²) in [6, 6.07) is 1.93. The van der Waals surface area contributed by atoms with Crippen molar-refractivity contribution in [3.63, 3.8) is 0 Å². The molecule has 0 aliphatic heterocycles. The fourth-order valence-electron chi connectivity index (χ4n) is 1.00. The van der Waals surface area contributed by atoms with Gasteiger partial charge in [0.2, 0.25) is 0 Å². The molecule has 0 spiro atoms. The van der Waals surface area contributed by atoms with E-state index in [2.05, 4.69) is 0 Å². The average molecular weight is 185 g/mol. The van der Waals surface area contributed by atoms with Crippen LogP contribution < -0.4 is 5.73 Å². The molecule has 13 heavy (non-hydrogen) atoms. The molecule has 0 saturated carbocycles. The standard InChI is InChI=1S/C9H12FNO2/c1-5-7(10)2-6(3-9(5)13)8(11)4-12/h2-3,8,12-13H,4,11H2,1H3. The van der Waals surface area contributed by atoms with Gasteiger partial charge in [-0.25, -0.2) is 4.39 Å². The number of aliphatic hydroxyl groups excluding tert-OH is 1. The molecule has 0 aromatic heterocycles. The van der Waals surface area contributed by atoms with E-state index in [-0.39, 0.29) is 17.9 Å². The highest BCUT2D eigenvalue weighted by atomic mass is 19.1. The second kappa shape index (κ2) is 3.72. The van der Waals surface area contributed by atoms with E-state index in [1.54, 1.807) is 0 Å². The van der Waals surface area contributed by atoms with Crippen LogP contribution in [0.2, 0.25) is 0 Å². The third-order valence-corrected chi connectivity index (χ3v) is 1.96. The lowest BCUT2D eigenvalue weighted by Crippen LogP contribution is -2.14. The van der Waals surface area contributed by atoms with E-state index in [9.17, 15) is 9.50 Å². The van der Waals surface area contributed by atoms with Crippen molar-refractivity contribution in [2.24, 2.45) is 5.73 Å². The topological polar surface area (TPSA) is 66.5 Å². The largest absolute Gasteiger partial charge is 0.508 e. The Bertz CT molecular complexity index is 291. The zero-order valence-electron chi connectivity index (χ0n) is 7.29. The zero-order chi connectivity index (χ0) is 10.0. The van der Waals surface area contributed by atoms with Gasteiger partial charge in [-0.3, -0.25) is 0 Å². The van der Waals surface area contributed by atoms with Crippen LogP contribution in [0.15, 0.2) is 12.1 Å². The number of hydrogen-bond acceptors (Lipinski definition) is 3. The Hall–Kier alpha value is -1.13. The minimum atomic E-state index is -0.652. The van der Waals surface area contributed by atoms with Crippen molar-refractivity contribution in [3.8, 4) is 5.75 Å². The van der Waals surface area contributed by atoms with E-state index in [1.807, 2.05) is 0 Å². The normalized spacial score (nSPS) is 12.9. The van der Waals surface area contributed by atoms with Crippen LogP contribution in [-0.4, -0.2) is 16.8 Å². The molecule has 72 valence electrons. The molecule has 1 unspecified atom stereocenters. The summed E-state index contributed by atoms with van der Waals surface area (Å²) in [6.45, 7) is 1.20. The molecule has 1 aromatic rings. The molecule has 4 N–H and O–H groups in total. The lowest BCUT2D eigenvalue weighted by atomic mass is 10.1. The van der Waals surface area contributed by atoms with Gasteiger partial charge < -0.3 is 15.9 Å². The van der Waals surface area contributed by atoms with Gasteiger partial charge in [0.15, 0.2) is 0 Å². The van der Waals surface area contributed by atoms with Crippen LogP contribution in [0.4, 0.5) is 4.39 Å². The molecule has 0 fully saturated rings. The molecular weight excluding hydrogens is 173 g/mol. The predicted molar refractivity (Wildman–Crippen MR) is 46.8 cm³/mol. The number of phenols is 1. The van der Waals surface area contributed by atoms with Crippen molar-refractivity contribution in [2.45, 2.75) is 13.0 Å². The van der Waals surface area contributed by atoms with E-state index in [0.29, 0.717) is 5.56 Å². The average Bonchev–Trinajstić information content (AvgIpc) is 2.12. The van der Waals surface area contributed by atoms with Gasteiger partial charge in [-0.1, -0.05) is 0 Å². The smallest absolute Gasteiger partial charge is 0.130 e. The minimum absolute atomic E-state index is 0.140. The van der Waals surface area contributed by atoms with E-state index >= 15 is 0 Å². The van der Waals surface area contributed by atoms with Crippen LogP contribution in [0.1, 0.15) is 17.2 Å². The van der Waals surface area contributed by atoms with Crippen molar-refractivity contribution < 1.29 is 14.6 Å². The summed E-state index contributed by atoms with van der Waals surface area (Å²) in [6.07, 6.45) is 0. The van der Waals surface area contributed by atoms with E-state index < -0.39 is 11.9 Å². The molecule has 0 radical (unpaired) electrons. The van der Waals surface area contributed by atoms with Crippen molar-refractivity contribution in [3.05, 3.63) is 29.1 Å². The number of halogens is 1. The van der Waals surface area contributed by atoms with Gasteiger partial charge in [0.25, 0.3) is 0 Å². The van der Waals surface area contributed by atoms with Crippen molar-refractivity contribution in [2.75, 3.05) is 6.61 Å². The first-order valence-corrected chi connectivity index (χ1v) is 3.91. The van der Waals surface area contributed by atoms with Crippen LogP contribution in [0.3, 0.4) is 0 Å². The maximum atomic E-state index is 13.0. The van der Waals surface area contributed by atoms with E-state index in [4.69, 9.17) is 10.8 Å². The number of benzene rings is 1. The molecule has 0 aliphatic carbocycles. The van der Waals surface area contributed by atoms with Crippen LogP contribution in [0.25, 0.3) is 0 Å². The molecule has 1 atom stereocenters. The van der Waals surface area contributed by atoms with Gasteiger partial charge >= 0.3 is 0 Å². The molecule has 0 aliphatic rings. The summed E-state index contributed by atoms with van der Waals surface area (Å²) in [4.78, 5) is 0. The summed E-state index contributed by atoms with van der Waals surface area (Å²) in [7, 11) is 0. The number of hydrogen-bond donors (Lipinski definition) is 3. The van der Waals surface area contributed by atoms with Crippen LogP contribution >= 0.6 is 0 Å². The van der Waals surface area contributed by atoms with Crippen LogP contribution in [-0.2, 0) is 0 Å². The Morgan fingerprint density at radius 1 is 1.54 bits per heavy atom. The summed E-state index contributed by atoms with van der Waals surface area (Å²) in [5.74, 6) is -0.655. The van der Waals surface area contributed by atoms with Crippen molar-refractivity contribution >= 4 is 0 Å². The molecule has 0 saturated heterocycles. The second-order valence-corrected chi connectivity index (χ2v) is 2.94. The first kappa shape index (κ1) is 9.95. The number of rotatable bonds is 2. The maximum absolute atomic E-state index is 13.0. The maximum Gasteiger partial charge on any atom is 0.130 e. The summed E-state index contributed by atoms with van der Waals surface area (Å²) in [5, 5.41) is 18.0. The van der Waals surface area contributed by atoms with Gasteiger partial charge in [-0.2, -0.15) is 0 Å². The van der Waals surface area contributed by atoms with Crippen molar-refractivity contribution in [1.29, 1.82) is 0 Å². The van der Waals surface area contributed by atoms with E-state index in [0.717, 1.165) is 0 Å². The Morgan fingerprint density at radius 2 is 2.15 bits per heavy atom. The Morgan fingerprint density at radius 3 is 2.62 bits per heavy atom. The molecule has 0 bridgehead atoms. The van der Waals surface area contributed by atoms with Gasteiger partial charge in [-0.05, 0) is 24.6 Å². The van der Waals surface area contributed by atoms with Gasteiger partial charge in [0.05, 0.1) is 12.6 Å². The predicted octanol–water partition coefficient (Wildman–Crippen LogP) is 0.832. The summed E-state index contributed by atoms with van der Waals surface area (Å²) >= 11 is 0. The Kier molecular flexibility index (Phi) is 2.85. The highest BCUT2D eigenvalue weighted by molar-refractivity contribution is 5.37. The van der Waals surface area contributed by atoms with Gasteiger partial charge in [0, 0.05) is 5.56 Å². The number of nitrogens with two attached hydrogens (primary N) is 1. The first-order valence-electron chi connectivity index (χ1n) is 3.91. The lowest BCUT2D eigenvalue weighted by Gasteiger charge is -2.10. The first-order chi connectivity index (χ1) is 6.06. The monoisotopic (exact) mass is 185 g/mol. The van der Waals surface area contributed by atoms with Gasteiger partial charge in [-0.15, -0.1) is 0 Å². The molecule has 0 amide bonds. The minimum Gasteiger partial charge on any atom is -0.508 e. The highest BCUT2D eigenvalue weighted by Gasteiger charge is 2.10. The fraction of sp³-hybridized carbons (Fsp3) is 0.333. The molecule has 1 aromatic carbocycles. The molecule has 1 rings (SSSR count). The zero-order valence-corrected chi connectivity index (χ0v) is 7.29. The number of aromatic hydroxyl groups is 1. The quantitative estimate of drug-likeness (QED) is 0.639. The molecular formula is C9H12FNO2. The van der Waals surface area contributed by atoms with Crippen LogP contribution in [0, 0.1) is 12.7 Å². The third-order valence-electron chi connectivity index (χ3n) is 1.96. The summed E-state index contributed by atoms with van der Waals surface area (Å²) < 4.78 is 13.0. The number of aliphatic hydroxyl groups is 1. The second-order valence-electron chi connectivity index (χ2n) is 2.94. The van der Waals surface area contributed by atoms with Crippen molar-refractivity contribution in [1.82, 2.24) is 0 Å². The summed E-state index contributed by atoms with van der Waals surface area (Å²) in [5.41, 5.74) is 6.03. The molecule has 4 heteroatoms. The Balaban J connectivity index is 3.13. The number of phenolic OH excluding ortho intramolecular Hbond substituents is 1. The third kappa shape index (κ3) is 1.96. The molecule has 3 nitrogen and oxygen atoms in total. The molecule has 0 heterocycles.